The van der Waals surface area contributed by atoms with E-state index in [1.165, 1.54) is 12.0 Å². The Morgan fingerprint density at radius 1 is 1.35 bits per heavy atom. The molecule has 3 N–H and O–H groups in total. The van der Waals surface area contributed by atoms with Gasteiger partial charge in [-0.15, -0.1) is 0 Å². The number of fused-ring (bicyclic) bond motifs is 1. The number of likely N-dealkylation sites (tertiary alicyclic amines) is 1. The molecule has 0 saturated carbocycles. The van der Waals surface area contributed by atoms with Gasteiger partial charge in [-0.2, -0.15) is 0 Å². The van der Waals surface area contributed by atoms with E-state index in [1.807, 2.05) is 0 Å². The summed E-state index contributed by atoms with van der Waals surface area (Å²) in [6.45, 7) is 2.42. The lowest BCUT2D eigenvalue weighted by molar-refractivity contribution is -0.878. The molecule has 1 aromatic heterocycles. The van der Waals surface area contributed by atoms with E-state index in [0.29, 0.717) is 22.6 Å². The van der Waals surface area contributed by atoms with Crippen LogP contribution in [-0.4, -0.2) is 43.6 Å². The smallest absolute Gasteiger partial charge is 0.356 e. The van der Waals surface area contributed by atoms with Crippen LogP contribution in [0.3, 0.4) is 0 Å². The topological polar surface area (TPSA) is 75.6 Å². The number of carbonyl (C=O) groups excluding carboxylic acids is 2. The third-order valence-electron chi connectivity index (χ3n) is 4.14. The van der Waals surface area contributed by atoms with E-state index in [1.54, 1.807) is 18.2 Å². The fourth-order valence-electron chi connectivity index (χ4n) is 3.01. The number of carbonyl (C=O) groups is 2. The predicted molar refractivity (Wildman–Crippen MR) is 88.1 cm³/mol. The second kappa shape index (κ2) is 6.60. The van der Waals surface area contributed by atoms with Gasteiger partial charge in [-0.3, -0.25) is 4.79 Å². The number of benzene rings is 1. The molecular weight excluding hydrogens is 318 g/mol. The number of rotatable bonds is 4. The van der Waals surface area contributed by atoms with Crippen LogP contribution in [0, 0.1) is 0 Å². The molecule has 0 bridgehead atoms. The van der Waals surface area contributed by atoms with Gasteiger partial charge in [0.15, 0.2) is 6.54 Å². The largest absolute Gasteiger partial charge is 0.464 e. The number of methoxy groups -OCH3 is 1. The maximum Gasteiger partial charge on any atom is 0.356 e. The van der Waals surface area contributed by atoms with Crippen LogP contribution in [0.15, 0.2) is 18.2 Å². The maximum atomic E-state index is 12.3. The summed E-state index contributed by atoms with van der Waals surface area (Å²) in [5.41, 5.74) is 1.38. The number of aromatic nitrogens is 1. The monoisotopic (exact) mass is 336 g/mol. The van der Waals surface area contributed by atoms with Crippen LogP contribution in [0.5, 0.6) is 0 Å². The molecule has 0 atom stereocenters. The summed E-state index contributed by atoms with van der Waals surface area (Å²) in [5, 5.41) is 4.09. The van der Waals surface area contributed by atoms with E-state index in [2.05, 4.69) is 10.3 Å². The molecule has 0 spiro atoms. The zero-order valence-corrected chi connectivity index (χ0v) is 13.6. The first-order valence-corrected chi connectivity index (χ1v) is 7.99. The average molecular weight is 337 g/mol. The Labute approximate surface area is 138 Å². The van der Waals surface area contributed by atoms with Gasteiger partial charge in [-0.05, 0) is 18.2 Å². The van der Waals surface area contributed by atoms with Crippen molar-refractivity contribution in [1.29, 1.82) is 0 Å². The van der Waals surface area contributed by atoms with Crippen molar-refractivity contribution < 1.29 is 19.2 Å². The Morgan fingerprint density at radius 3 is 2.78 bits per heavy atom. The number of H-pyrrole nitrogens is 1. The first kappa shape index (κ1) is 15.8. The van der Waals surface area contributed by atoms with Gasteiger partial charge in [0, 0.05) is 28.8 Å². The summed E-state index contributed by atoms with van der Waals surface area (Å²) in [5.74, 6) is -0.644. The van der Waals surface area contributed by atoms with Crippen LogP contribution in [-0.2, 0) is 9.53 Å². The average Bonchev–Trinajstić information content (AvgIpc) is 3.15. The third kappa shape index (κ3) is 3.33. The summed E-state index contributed by atoms with van der Waals surface area (Å²) < 4.78 is 4.79. The summed E-state index contributed by atoms with van der Waals surface area (Å²) in [7, 11) is 1.31. The minimum Gasteiger partial charge on any atom is -0.464 e. The summed E-state index contributed by atoms with van der Waals surface area (Å²) in [4.78, 5) is 28.5. The quantitative estimate of drug-likeness (QED) is 0.735. The van der Waals surface area contributed by atoms with E-state index in [0.717, 1.165) is 31.4 Å². The SMILES string of the molecule is COC(=O)c1[nH]c2ccc(Cl)cc2c1NC(=O)C[NH+]1CCCC1. The molecule has 1 saturated heterocycles. The highest BCUT2D eigenvalue weighted by Gasteiger charge is 2.23. The standard InChI is InChI=1S/C16H18ClN3O3/c1-23-16(22)15-14(11-8-10(17)4-5-12(11)18-15)19-13(21)9-20-6-2-3-7-20/h4-5,8,18H,2-3,6-7,9H2,1H3,(H,19,21)/p+1. The van der Waals surface area contributed by atoms with Crippen molar-refractivity contribution in [2.45, 2.75) is 12.8 Å². The molecule has 0 unspecified atom stereocenters. The Morgan fingerprint density at radius 2 is 2.09 bits per heavy atom. The van der Waals surface area contributed by atoms with Crippen molar-refractivity contribution in [3.05, 3.63) is 28.9 Å². The van der Waals surface area contributed by atoms with E-state index in [-0.39, 0.29) is 11.6 Å². The van der Waals surface area contributed by atoms with E-state index < -0.39 is 5.97 Å². The van der Waals surface area contributed by atoms with Gasteiger partial charge >= 0.3 is 5.97 Å². The second-order valence-corrected chi connectivity index (χ2v) is 6.17. The number of hydrogen-bond donors (Lipinski definition) is 3. The van der Waals surface area contributed by atoms with Gasteiger partial charge in [0.1, 0.15) is 5.69 Å². The number of hydrogen-bond acceptors (Lipinski definition) is 3. The maximum absolute atomic E-state index is 12.3. The Kier molecular flexibility index (Phi) is 4.54. The van der Waals surface area contributed by atoms with Crippen LogP contribution in [0.2, 0.25) is 5.02 Å². The van der Waals surface area contributed by atoms with Crippen LogP contribution in [0.4, 0.5) is 5.69 Å². The molecule has 0 aliphatic carbocycles. The Hall–Kier alpha value is -2.05. The number of anilines is 1. The van der Waals surface area contributed by atoms with Crippen molar-refractivity contribution in [2.75, 3.05) is 32.1 Å². The normalized spacial score (nSPS) is 15.0. The molecule has 1 amide bonds. The van der Waals surface area contributed by atoms with Gasteiger partial charge in [-0.1, -0.05) is 11.6 Å². The zero-order chi connectivity index (χ0) is 16.4. The highest BCUT2D eigenvalue weighted by atomic mass is 35.5. The molecule has 7 heteroatoms. The molecule has 3 rings (SSSR count). The lowest BCUT2D eigenvalue weighted by atomic mass is 10.2. The summed E-state index contributed by atoms with van der Waals surface area (Å²) in [6, 6.07) is 5.21. The zero-order valence-electron chi connectivity index (χ0n) is 12.9. The van der Waals surface area contributed by atoms with Crippen LogP contribution >= 0.6 is 11.6 Å². The van der Waals surface area contributed by atoms with Crippen molar-refractivity contribution in [3.8, 4) is 0 Å². The van der Waals surface area contributed by atoms with E-state index in [9.17, 15) is 9.59 Å². The van der Waals surface area contributed by atoms with Gasteiger partial charge in [-0.25, -0.2) is 4.79 Å². The van der Waals surface area contributed by atoms with Gasteiger partial charge < -0.3 is 19.9 Å². The lowest BCUT2D eigenvalue weighted by Crippen LogP contribution is -3.11. The molecule has 122 valence electrons. The fraction of sp³-hybridized carbons (Fsp3) is 0.375. The first-order valence-electron chi connectivity index (χ1n) is 7.61. The van der Waals surface area contributed by atoms with Gasteiger partial charge in [0.2, 0.25) is 0 Å². The molecule has 6 nitrogen and oxygen atoms in total. The molecule has 0 radical (unpaired) electrons. The molecule has 2 aromatic rings. The molecule has 1 aromatic carbocycles. The lowest BCUT2D eigenvalue weighted by Gasteiger charge is -2.12. The summed E-state index contributed by atoms with van der Waals surface area (Å²) >= 11 is 6.04. The molecule has 1 aliphatic rings. The fourth-order valence-corrected chi connectivity index (χ4v) is 3.18. The predicted octanol–water partition coefficient (Wildman–Crippen LogP) is 1.23. The van der Waals surface area contributed by atoms with Crippen LogP contribution < -0.4 is 10.2 Å². The van der Waals surface area contributed by atoms with E-state index >= 15 is 0 Å². The minimum absolute atomic E-state index is 0.118. The van der Waals surface area contributed by atoms with Gasteiger partial charge in [0.25, 0.3) is 5.91 Å². The number of halogens is 1. The Balaban J connectivity index is 1.91. The van der Waals surface area contributed by atoms with Crippen molar-refractivity contribution >= 4 is 40.1 Å². The number of ether oxygens (including phenoxy) is 1. The van der Waals surface area contributed by atoms with Crippen molar-refractivity contribution in [3.63, 3.8) is 0 Å². The number of esters is 1. The number of nitrogens with one attached hydrogen (secondary N) is 3. The Bertz CT molecular complexity index is 750. The molecule has 1 aliphatic heterocycles. The number of quaternary nitrogens is 1. The molecule has 2 heterocycles. The highest BCUT2D eigenvalue weighted by molar-refractivity contribution is 6.31. The van der Waals surface area contributed by atoms with Crippen LogP contribution in [0.1, 0.15) is 23.3 Å². The summed E-state index contributed by atoms with van der Waals surface area (Å²) in [6.07, 6.45) is 2.30. The highest BCUT2D eigenvalue weighted by Crippen LogP contribution is 2.30. The van der Waals surface area contributed by atoms with E-state index in [4.69, 9.17) is 16.3 Å². The number of amides is 1. The molecular formula is C16H19ClN3O3+. The third-order valence-corrected chi connectivity index (χ3v) is 4.37. The van der Waals surface area contributed by atoms with Crippen LogP contribution in [0.25, 0.3) is 10.9 Å². The minimum atomic E-state index is -0.527. The number of aromatic amines is 1. The van der Waals surface area contributed by atoms with Crippen molar-refractivity contribution in [2.24, 2.45) is 0 Å². The molecule has 23 heavy (non-hydrogen) atoms. The van der Waals surface area contributed by atoms with Gasteiger partial charge in [0.05, 0.1) is 25.9 Å². The van der Waals surface area contributed by atoms with Crippen molar-refractivity contribution in [1.82, 2.24) is 4.98 Å². The second-order valence-electron chi connectivity index (χ2n) is 5.74. The first-order chi connectivity index (χ1) is 11.1. The molecule has 1 fully saturated rings.